The molecule has 1 atom stereocenters. The molecule has 3 aromatic rings. The number of carbonyl (C=O) groups excluding carboxylic acids is 2. The molecule has 1 heterocycles. The molecule has 6 nitrogen and oxygen atoms in total. The van der Waals surface area contributed by atoms with Gasteiger partial charge in [0.1, 0.15) is 5.69 Å². The Kier molecular flexibility index (Phi) is 5.64. The summed E-state index contributed by atoms with van der Waals surface area (Å²) in [4.78, 5) is 41.9. The van der Waals surface area contributed by atoms with Crippen molar-refractivity contribution in [3.8, 4) is 0 Å². The van der Waals surface area contributed by atoms with Crippen LogP contribution in [0.3, 0.4) is 0 Å². The molecule has 0 bridgehead atoms. The van der Waals surface area contributed by atoms with Gasteiger partial charge in [-0.3, -0.25) is 9.59 Å². The van der Waals surface area contributed by atoms with Crippen molar-refractivity contribution in [2.75, 3.05) is 0 Å². The lowest BCUT2D eigenvalue weighted by atomic mass is 9.99. The Morgan fingerprint density at radius 3 is 2.52 bits per heavy atom. The molecule has 0 spiro atoms. The maximum Gasteiger partial charge on any atom is 0.338 e. The van der Waals surface area contributed by atoms with Crippen molar-refractivity contribution >= 4 is 22.8 Å². The van der Waals surface area contributed by atoms with Gasteiger partial charge in [0.05, 0.1) is 16.6 Å². The molecule has 0 radical (unpaired) electrons. The number of Topliss-reactive ketones (excluding diaryl/α,β-unsaturated/α-hetero) is 1. The van der Waals surface area contributed by atoms with Crippen molar-refractivity contribution in [3.63, 3.8) is 0 Å². The van der Waals surface area contributed by atoms with Gasteiger partial charge in [-0.2, -0.15) is 0 Å². The summed E-state index contributed by atoms with van der Waals surface area (Å²) < 4.78 is 7.03. The Bertz CT molecular complexity index is 1180. The fourth-order valence-corrected chi connectivity index (χ4v) is 3.32. The molecule has 6 heteroatoms. The highest BCUT2D eigenvalue weighted by Gasteiger charge is 2.22. The van der Waals surface area contributed by atoms with Crippen LogP contribution in [0.15, 0.2) is 41.2 Å². The van der Waals surface area contributed by atoms with Crippen LogP contribution >= 0.6 is 0 Å². The molecule has 0 aliphatic rings. The van der Waals surface area contributed by atoms with Crippen molar-refractivity contribution in [2.24, 2.45) is 0 Å². The number of nitrogens with zero attached hydrogens (tertiary/aromatic N) is 2. The number of fused-ring (bicyclic) bond motifs is 1. The van der Waals surface area contributed by atoms with Gasteiger partial charge in [-0.15, -0.1) is 0 Å². The minimum absolute atomic E-state index is 0.150. The lowest BCUT2D eigenvalue weighted by Gasteiger charge is -2.15. The van der Waals surface area contributed by atoms with Gasteiger partial charge in [-0.25, -0.2) is 9.78 Å². The van der Waals surface area contributed by atoms with E-state index in [0.29, 0.717) is 28.8 Å². The quantitative estimate of drug-likeness (QED) is 0.488. The second kappa shape index (κ2) is 7.99. The van der Waals surface area contributed by atoms with Crippen LogP contribution in [0.2, 0.25) is 0 Å². The third kappa shape index (κ3) is 3.97. The van der Waals surface area contributed by atoms with Crippen molar-refractivity contribution in [3.05, 3.63) is 74.7 Å². The van der Waals surface area contributed by atoms with E-state index in [4.69, 9.17) is 4.74 Å². The number of carbonyl (C=O) groups is 2. The van der Waals surface area contributed by atoms with Crippen molar-refractivity contribution in [1.29, 1.82) is 0 Å². The molecule has 0 aliphatic carbocycles. The van der Waals surface area contributed by atoms with Crippen LogP contribution in [0.1, 0.15) is 51.4 Å². The van der Waals surface area contributed by atoms with E-state index in [1.165, 1.54) is 0 Å². The summed E-state index contributed by atoms with van der Waals surface area (Å²) >= 11 is 0. The number of ether oxygens (including phenoxy) is 1. The zero-order valence-corrected chi connectivity index (χ0v) is 17.3. The topological polar surface area (TPSA) is 78.3 Å². The molecule has 29 heavy (non-hydrogen) atoms. The normalized spacial score (nSPS) is 12.0. The smallest absolute Gasteiger partial charge is 0.338 e. The predicted octanol–water partition coefficient (Wildman–Crippen LogP) is 3.77. The number of aromatic nitrogens is 2. The van der Waals surface area contributed by atoms with E-state index in [9.17, 15) is 14.4 Å². The Morgan fingerprint density at radius 2 is 1.83 bits per heavy atom. The summed E-state index contributed by atoms with van der Waals surface area (Å²) in [6, 6.07) is 10.5. The van der Waals surface area contributed by atoms with Gasteiger partial charge in [0, 0.05) is 12.1 Å². The number of rotatable bonds is 5. The van der Waals surface area contributed by atoms with Crippen LogP contribution in [0.5, 0.6) is 0 Å². The standard InChI is InChI=1S/C23H24N2O4/c1-6-25-20-10-9-17(12-19(20)24-15(4)22(25)27)23(28)29-16(5)21(26)18-11-13(2)7-8-14(18)3/h7-12,16H,6H2,1-5H3/t16-/m1/s1. The summed E-state index contributed by atoms with van der Waals surface area (Å²) in [6.45, 7) is 9.36. The van der Waals surface area contributed by atoms with Crippen LogP contribution in [-0.2, 0) is 11.3 Å². The monoisotopic (exact) mass is 392 g/mol. The Labute approximate surface area is 169 Å². The molecule has 1 aromatic heterocycles. The molecule has 0 unspecified atom stereocenters. The lowest BCUT2D eigenvalue weighted by Crippen LogP contribution is -2.25. The van der Waals surface area contributed by atoms with E-state index in [0.717, 1.165) is 11.1 Å². The lowest BCUT2D eigenvalue weighted by molar-refractivity contribution is 0.0318. The fraction of sp³-hybridized carbons (Fsp3) is 0.304. The molecule has 0 saturated carbocycles. The van der Waals surface area contributed by atoms with Gasteiger partial charge in [0.15, 0.2) is 6.10 Å². The van der Waals surface area contributed by atoms with E-state index in [1.807, 2.05) is 32.9 Å². The summed E-state index contributed by atoms with van der Waals surface area (Å²) in [5.74, 6) is -0.846. The second-order valence-corrected chi connectivity index (χ2v) is 7.18. The van der Waals surface area contributed by atoms with Gasteiger partial charge < -0.3 is 9.30 Å². The van der Waals surface area contributed by atoms with Crippen molar-refractivity contribution in [2.45, 2.75) is 47.3 Å². The van der Waals surface area contributed by atoms with E-state index >= 15 is 0 Å². The van der Waals surface area contributed by atoms with Gasteiger partial charge in [-0.1, -0.05) is 17.7 Å². The molecule has 0 fully saturated rings. The average Bonchev–Trinajstić information content (AvgIpc) is 2.69. The first kappa shape index (κ1) is 20.5. The summed E-state index contributed by atoms with van der Waals surface area (Å²) in [7, 11) is 0. The van der Waals surface area contributed by atoms with Crippen LogP contribution < -0.4 is 5.56 Å². The summed E-state index contributed by atoms with van der Waals surface area (Å²) in [5.41, 5.74) is 4.04. The number of hydrogen-bond acceptors (Lipinski definition) is 5. The zero-order valence-electron chi connectivity index (χ0n) is 17.3. The summed E-state index contributed by atoms with van der Waals surface area (Å²) in [6.07, 6.45) is -0.919. The molecule has 0 amide bonds. The van der Waals surface area contributed by atoms with E-state index in [-0.39, 0.29) is 16.9 Å². The Morgan fingerprint density at radius 1 is 1.10 bits per heavy atom. The molecule has 3 rings (SSSR count). The minimum Gasteiger partial charge on any atom is -0.451 e. The molecule has 0 aliphatic heterocycles. The third-order valence-electron chi connectivity index (χ3n) is 4.97. The number of aryl methyl sites for hydroxylation is 4. The Balaban J connectivity index is 1.87. The van der Waals surface area contributed by atoms with Crippen LogP contribution in [0.25, 0.3) is 11.0 Å². The van der Waals surface area contributed by atoms with E-state index in [1.54, 1.807) is 42.7 Å². The van der Waals surface area contributed by atoms with Gasteiger partial charge in [0.2, 0.25) is 5.78 Å². The molecule has 0 saturated heterocycles. The number of benzene rings is 2. The molecule has 0 N–H and O–H groups in total. The van der Waals surface area contributed by atoms with E-state index in [2.05, 4.69) is 4.98 Å². The highest BCUT2D eigenvalue weighted by molar-refractivity contribution is 6.03. The summed E-state index contributed by atoms with van der Waals surface area (Å²) in [5, 5.41) is 0. The first-order chi connectivity index (χ1) is 13.7. The maximum atomic E-state index is 12.7. The number of hydrogen-bond donors (Lipinski definition) is 0. The maximum absolute atomic E-state index is 12.7. The first-order valence-electron chi connectivity index (χ1n) is 9.56. The van der Waals surface area contributed by atoms with Gasteiger partial charge >= 0.3 is 5.97 Å². The first-order valence-corrected chi connectivity index (χ1v) is 9.56. The van der Waals surface area contributed by atoms with Gasteiger partial charge in [-0.05, 0) is 64.4 Å². The fourth-order valence-electron chi connectivity index (χ4n) is 3.32. The van der Waals surface area contributed by atoms with Gasteiger partial charge in [0.25, 0.3) is 5.56 Å². The molecule has 2 aromatic carbocycles. The minimum atomic E-state index is -0.919. The largest absolute Gasteiger partial charge is 0.451 e. The zero-order chi connectivity index (χ0) is 21.3. The molecular weight excluding hydrogens is 368 g/mol. The van der Waals surface area contributed by atoms with Crippen LogP contribution in [-0.4, -0.2) is 27.4 Å². The van der Waals surface area contributed by atoms with E-state index < -0.39 is 12.1 Å². The molecule has 150 valence electrons. The highest BCUT2D eigenvalue weighted by Crippen LogP contribution is 2.18. The highest BCUT2D eigenvalue weighted by atomic mass is 16.5. The number of ketones is 1. The average molecular weight is 392 g/mol. The number of esters is 1. The van der Waals surface area contributed by atoms with Crippen molar-refractivity contribution < 1.29 is 14.3 Å². The molecular formula is C23H24N2O4. The SMILES string of the molecule is CCn1c(=O)c(C)nc2cc(C(=O)O[C@H](C)C(=O)c3cc(C)ccc3C)ccc21. The van der Waals surface area contributed by atoms with Crippen molar-refractivity contribution in [1.82, 2.24) is 9.55 Å². The van der Waals surface area contributed by atoms with Crippen LogP contribution in [0.4, 0.5) is 0 Å². The Hall–Kier alpha value is -3.28. The third-order valence-corrected chi connectivity index (χ3v) is 4.97. The second-order valence-electron chi connectivity index (χ2n) is 7.18. The van der Waals surface area contributed by atoms with Crippen LogP contribution in [0, 0.1) is 20.8 Å². The predicted molar refractivity (Wildman–Crippen MR) is 112 cm³/mol.